The Bertz CT molecular complexity index is 6710. The smallest absolute Gasteiger partial charge is 0.358 e. The van der Waals surface area contributed by atoms with Gasteiger partial charge in [-0.2, -0.15) is 0 Å². The first kappa shape index (κ1) is 136. The molecule has 0 bridgehead atoms. The average molecular weight is 2300 g/mol. The molecule has 0 fully saturated rings. The number of aryl methyl sites for hydroxylation is 2. The summed E-state index contributed by atoms with van der Waals surface area (Å²) in [6.07, 6.45) is 3.09. The monoisotopic (exact) mass is 2300 g/mol. The molecule has 0 unspecified atom stereocenters. The third-order valence-corrected chi connectivity index (χ3v) is 38.6. The summed E-state index contributed by atoms with van der Waals surface area (Å²) in [4.78, 5) is 76.3. The van der Waals surface area contributed by atoms with Crippen LogP contribution in [0, 0.1) is 95.0 Å². The van der Waals surface area contributed by atoms with Crippen molar-refractivity contribution in [3.8, 4) is 22.5 Å². The number of rotatable bonds is 43. The van der Waals surface area contributed by atoms with Gasteiger partial charge in [0, 0.05) is 63.5 Å². The number of hydrogen-bond donors (Lipinski definition) is 5. The second-order valence-electron chi connectivity index (χ2n) is 28.6. The van der Waals surface area contributed by atoms with E-state index in [1.807, 2.05) is 62.4 Å². The maximum Gasteiger partial charge on any atom is 0.358 e. The molecule has 0 atom stereocenters. The fraction of sp³-hybridized carbons (Fsp3) is 0.348. The number of aromatic carboxylic acids is 1. The number of carbonyl (C=O) groups excluding carboxylic acids is 1. The summed E-state index contributed by atoms with van der Waals surface area (Å²) in [6.45, 7) is 23.1. The summed E-state index contributed by atoms with van der Waals surface area (Å²) in [5.74, 6) is -8.93. The Morgan fingerprint density at radius 1 is 0.389 bits per heavy atom. The number of thiol groups is 1. The summed E-state index contributed by atoms with van der Waals surface area (Å²) < 4.78 is 277. The maximum absolute atomic E-state index is 14.8. The van der Waals surface area contributed by atoms with Crippen LogP contribution in [-0.2, 0) is 104 Å². The van der Waals surface area contributed by atoms with Crippen molar-refractivity contribution in [3.05, 3.63) is 279 Å². The van der Waals surface area contributed by atoms with Crippen LogP contribution in [0.25, 0.3) is 22.5 Å². The van der Waals surface area contributed by atoms with Crippen LogP contribution in [0.1, 0.15) is 129 Å². The molecule has 149 heavy (non-hydrogen) atoms. The van der Waals surface area contributed by atoms with E-state index >= 15 is 0 Å². The number of hydrogen-bond acceptors (Lipinski definition) is 40. The van der Waals surface area contributed by atoms with E-state index < -0.39 is 182 Å². The number of thioether (sulfide) groups is 1. The number of halogens is 7. The molecule has 0 saturated carbocycles. The van der Waals surface area contributed by atoms with Crippen molar-refractivity contribution in [3.63, 3.8) is 0 Å². The summed E-state index contributed by atoms with van der Waals surface area (Å²) in [5.41, 5.74) is 16.7. The fourth-order valence-corrected chi connectivity index (χ4v) is 28.5. The van der Waals surface area contributed by atoms with E-state index in [4.69, 9.17) is 67.5 Å². The first-order chi connectivity index (χ1) is 68.8. The van der Waals surface area contributed by atoms with Crippen molar-refractivity contribution in [2.75, 3.05) is 111 Å². The number of Topliss-reactive ketones (excluding diaryl/α,β-unsaturated/α-hetero) is 1. The van der Waals surface area contributed by atoms with Crippen LogP contribution in [-0.4, -0.2) is 176 Å². The number of non-ortho nitro benzene ring substituents is 4. The fourth-order valence-electron chi connectivity index (χ4n) is 11.2. The van der Waals surface area contributed by atoms with E-state index in [0.717, 1.165) is 88.6 Å². The highest BCUT2D eigenvalue weighted by molar-refractivity contribution is 8.04. The number of nitrogens with two attached hydrogens (primary N) is 3. The van der Waals surface area contributed by atoms with Gasteiger partial charge in [0.2, 0.25) is 0 Å². The van der Waals surface area contributed by atoms with Gasteiger partial charge in [0.15, 0.2) is 80.7 Å². The molecule has 10 rings (SSSR count). The van der Waals surface area contributed by atoms with E-state index in [0.29, 0.717) is 49.0 Å². The molecule has 7 N–H and O–H groups in total. The molecule has 2 heterocycles. The van der Waals surface area contributed by atoms with Gasteiger partial charge in [-0.05, 0) is 143 Å². The Morgan fingerprint density at radius 3 is 1.03 bits per heavy atom. The predicted octanol–water partition coefficient (Wildman–Crippen LogP) is 23.0. The minimum absolute atomic E-state index is 0. The summed E-state index contributed by atoms with van der Waals surface area (Å²) in [7, 11) is -30.6. The van der Waals surface area contributed by atoms with Gasteiger partial charge < -0.3 is 67.5 Å². The van der Waals surface area contributed by atoms with Crippen LogP contribution >= 0.6 is 62.4 Å². The largest absolute Gasteiger partial charge is 0.476 e. The number of ketones is 1. The first-order valence-electron chi connectivity index (χ1n) is 43.1. The second kappa shape index (κ2) is 64.5. The van der Waals surface area contributed by atoms with Crippen LogP contribution in [0.15, 0.2) is 195 Å². The van der Waals surface area contributed by atoms with Crippen molar-refractivity contribution < 1.29 is 158 Å². The van der Waals surface area contributed by atoms with Crippen molar-refractivity contribution in [1.82, 2.24) is 19.9 Å². The Labute approximate surface area is 865 Å². The molecule has 0 aliphatic carbocycles. The molecule has 0 amide bonds. The van der Waals surface area contributed by atoms with Gasteiger partial charge in [0.25, 0.3) is 22.7 Å². The Balaban J connectivity index is 0.000000879. The number of carbonyl (C=O) groups is 2. The number of nitrogens with zero attached hydrogens (tertiary/aromatic N) is 8. The summed E-state index contributed by atoms with van der Waals surface area (Å²) >= 11 is 4.66. The van der Waals surface area contributed by atoms with Crippen molar-refractivity contribution in [2.24, 2.45) is 0 Å². The van der Waals surface area contributed by atoms with E-state index in [2.05, 4.69) is 32.6 Å². The van der Waals surface area contributed by atoms with Gasteiger partial charge in [-0.25, -0.2) is 80.7 Å². The molecule has 2 aromatic heterocycles. The van der Waals surface area contributed by atoms with Crippen molar-refractivity contribution in [2.45, 2.75) is 136 Å². The van der Waals surface area contributed by atoms with Crippen molar-refractivity contribution in [1.29, 1.82) is 0 Å². The van der Waals surface area contributed by atoms with Gasteiger partial charge in [0.05, 0.1) is 134 Å². The molecule has 0 aliphatic heterocycles. The van der Waals surface area contributed by atoms with Crippen LogP contribution in [0.4, 0.5) is 70.8 Å². The molecule has 43 nitrogen and oxygen atoms in total. The number of anilines is 3. The minimum Gasteiger partial charge on any atom is -0.476 e. The number of carboxylic acid groups (broad SMARTS) is 1. The van der Waals surface area contributed by atoms with Crippen LogP contribution in [0.2, 0.25) is 0 Å². The lowest BCUT2D eigenvalue weighted by Crippen LogP contribution is -2.14. The molecule has 822 valence electrons. The quantitative estimate of drug-likeness (QED) is 0.00346. The van der Waals surface area contributed by atoms with Gasteiger partial charge in [-0.1, -0.05) is 87.5 Å². The lowest BCUT2D eigenvalue weighted by Gasteiger charge is -2.17. The normalized spacial score (nSPS) is 11.3. The summed E-state index contributed by atoms with van der Waals surface area (Å²) in [6, 6.07) is 32.3. The number of carboxylic acids is 1. The van der Waals surface area contributed by atoms with Crippen molar-refractivity contribution >= 4 is 144 Å². The van der Waals surface area contributed by atoms with E-state index in [9.17, 15) is 129 Å². The molecule has 10 aromatic rings. The molecular formula is C89H115F7N11O32P5S5. The molecule has 60 heteroatoms. The lowest BCUT2D eigenvalue weighted by molar-refractivity contribution is -0.385. The van der Waals surface area contributed by atoms with Gasteiger partial charge in [-0.3, -0.25) is 68.1 Å². The van der Waals surface area contributed by atoms with Gasteiger partial charge in [-0.15, -0.1) is 24.4 Å². The van der Waals surface area contributed by atoms with Crippen LogP contribution in [0.5, 0.6) is 0 Å². The highest BCUT2D eigenvalue weighted by Gasteiger charge is 2.38. The van der Waals surface area contributed by atoms with Gasteiger partial charge in [0.1, 0.15) is 55.0 Å². The standard InChI is InChI=1S/C24H27FN3O6PS.C12H11N3O2.C11H15FNO7PS.C11H17FNO5PS.C11H15FNO5PS.C6H3F2NO2.C6H4FNO2S.C6H15O3P.2CH4/c1-4-33-35(30,34-5-2)15-36(31,32)22-11-8-17(12-19(22)25)13-21(29)23-24(26)27-14-20(28-23)18-9-6-16(3)7-10-18;1-7-2-4-8(5-3-7)9-6-14-11(13)10(15-9)12(16)17;1-3-19-21(16,20-4-2)8-22(17,18)11-6-5-9(13(14)15)7-10(11)12;1-3-17-19(14,18-4-2)8-20(15,16)11-6-5-9(13)7-10(11)12;1-3-17-19(16,18-4-2)8-20-11-6-5-9(13(14)15)7-10(11)12;7-5-2-1-4(9(10)11)3-6(5)8;7-5-3-4(8(9)10)1-2-6(5)11;1-4-8-10(7,6-3)9-5-2;;/h6-12,14H,4-5,13,15H2,1-3H3,(H2,26,27);2-6H,1H3,(H2,13,14)(H,16,17);5-7H,3-4,8H2,1-2H3;5-7H,3-4,8,13H2,1-2H3;5-7H,3-4,8H2,1-2H3;1-3H;1-3,11H;4-6H2,1-3H3;2*1H4. The lowest BCUT2D eigenvalue weighted by atomic mass is 10.1. The highest BCUT2D eigenvalue weighted by atomic mass is 32.2. The third kappa shape index (κ3) is 45.5. The SMILES string of the molecule is C.C.CCOP(=O)(CC)OCC.CCOP(=O)(CS(=O)(=O)c1ccc(CC(=O)c2nc(-c3ccc(C)cc3)cnc2N)cc1F)OCC.CCOP(=O)(CS(=O)(=O)c1ccc(N)cc1F)OCC.CCOP(=O)(CS(=O)(=O)c1ccc([N+](=O)[O-])cc1F)OCC.CCOP(=O)(CSc1ccc([N+](=O)[O-])cc1F)OCC.Cc1ccc(-c2cnc(N)c(C(=O)O)n2)cc1.O=[N+]([O-])c1ccc(F)c(F)c1.O=[N+]([O-])c1ccc(S)c(F)c1. The molecule has 0 aliphatic rings. The maximum atomic E-state index is 14.8. The molecular weight excluding hydrogens is 2180 g/mol. The highest BCUT2D eigenvalue weighted by Crippen LogP contribution is 2.55. The Kier molecular flexibility index (Phi) is 58.9. The molecule has 0 saturated heterocycles. The zero-order valence-electron chi connectivity index (χ0n) is 80.9. The van der Waals surface area contributed by atoms with E-state index in [1.165, 1.54) is 76.5 Å². The Morgan fingerprint density at radius 2 is 0.698 bits per heavy atom. The topological polar surface area (TPSA) is 637 Å². The van der Waals surface area contributed by atoms with E-state index in [-0.39, 0.29) is 135 Å². The third-order valence-electron chi connectivity index (χ3n) is 17.6. The number of nitrogen functional groups attached to an aromatic ring is 3. The zero-order chi connectivity index (χ0) is 111. The first-order valence-corrected chi connectivity index (χ1v) is 58.1. The number of aromatic nitrogens is 4. The number of nitro groups is 4. The van der Waals surface area contributed by atoms with E-state index in [1.54, 1.807) is 48.5 Å². The number of nitro benzene ring substituents is 4. The predicted molar refractivity (Wildman–Crippen MR) is 550 cm³/mol. The number of sulfone groups is 3. The number of benzene rings is 8. The van der Waals surface area contributed by atoms with Crippen LogP contribution in [0.3, 0.4) is 0 Å². The minimum atomic E-state index is -4.35. The second-order valence-corrected chi connectivity index (χ2v) is 48.3. The van der Waals surface area contributed by atoms with Gasteiger partial charge >= 0.3 is 43.9 Å². The summed E-state index contributed by atoms with van der Waals surface area (Å²) in [5, 5.41) is 50.0. The zero-order valence-corrected chi connectivity index (χ0v) is 89.5. The van der Waals surface area contributed by atoms with Crippen LogP contribution < -0.4 is 17.2 Å². The molecule has 0 radical (unpaired) electrons. The molecule has 0 spiro atoms. The molecule has 8 aromatic carbocycles. The average Bonchev–Trinajstić information content (AvgIpc) is 0.808. The Hall–Kier alpha value is -11.1.